The molecule has 2 saturated carbocycles. The molecule has 5 atom stereocenters. The molecule has 160 valence electrons. The quantitative estimate of drug-likeness (QED) is 0.658. The molecule has 0 aromatic heterocycles. The van der Waals surface area contributed by atoms with Crippen LogP contribution in [0, 0.1) is 37.5 Å². The Bertz CT molecular complexity index is 1060. The average Bonchev–Trinajstić information content (AvgIpc) is 3.40. The number of amides is 3. The molecule has 1 heterocycles. The van der Waals surface area contributed by atoms with Crippen molar-refractivity contribution in [1.29, 1.82) is 0 Å². The van der Waals surface area contributed by atoms with Gasteiger partial charge in [0.1, 0.15) is 6.54 Å². The first kappa shape index (κ1) is 20.4. The van der Waals surface area contributed by atoms with E-state index in [-0.39, 0.29) is 47.9 Å². The highest BCUT2D eigenvalue weighted by Gasteiger charge is 2.63. The zero-order valence-corrected chi connectivity index (χ0v) is 19.2. The molecule has 2 aliphatic carbocycles. The molecule has 1 aliphatic heterocycles. The highest BCUT2D eigenvalue weighted by molar-refractivity contribution is 9.10. The summed E-state index contributed by atoms with van der Waals surface area (Å²) >= 11 is 3.52. The van der Waals surface area contributed by atoms with Crippen molar-refractivity contribution in [1.82, 2.24) is 4.90 Å². The van der Waals surface area contributed by atoms with Crippen molar-refractivity contribution in [2.75, 3.05) is 11.9 Å². The molecule has 3 amide bonds. The largest absolute Gasteiger partial charge is 0.325 e. The summed E-state index contributed by atoms with van der Waals surface area (Å²) in [6.07, 6.45) is 1.89. The molecule has 5 nitrogen and oxygen atoms in total. The number of aryl methyl sites for hydroxylation is 2. The van der Waals surface area contributed by atoms with Crippen LogP contribution in [0.25, 0.3) is 0 Å². The number of benzene rings is 2. The van der Waals surface area contributed by atoms with E-state index >= 15 is 0 Å². The van der Waals surface area contributed by atoms with Gasteiger partial charge in [-0.1, -0.05) is 46.3 Å². The lowest BCUT2D eigenvalue weighted by Crippen LogP contribution is -2.39. The Hall–Kier alpha value is -2.47. The number of imide groups is 1. The second-order valence-corrected chi connectivity index (χ2v) is 9.99. The summed E-state index contributed by atoms with van der Waals surface area (Å²) in [4.78, 5) is 40.2. The van der Waals surface area contributed by atoms with Crippen LogP contribution in [0.4, 0.5) is 5.69 Å². The lowest BCUT2D eigenvalue weighted by atomic mass is 9.73. The standard InChI is InChI=1S/C25H25BrN2O3/c1-13-8-17(9-14(2)23(13)26)27-20(29)12-28-24(30)21-16-10-18(15-6-4-3-5-7-15)19(11-16)22(21)25(28)31/h3-9,16,18-19,21-22H,10-12H2,1-2H3,(H,27,29)/t16-,18-,19-,21+,22+/m1/s1. The van der Waals surface area contributed by atoms with Gasteiger partial charge in [0.05, 0.1) is 11.8 Å². The number of fused-ring (bicyclic) bond motifs is 5. The second-order valence-electron chi connectivity index (χ2n) is 9.20. The predicted molar refractivity (Wildman–Crippen MR) is 121 cm³/mol. The van der Waals surface area contributed by atoms with Crippen LogP contribution in [0.3, 0.4) is 0 Å². The first-order chi connectivity index (χ1) is 14.8. The zero-order chi connectivity index (χ0) is 21.9. The minimum atomic E-state index is -0.338. The molecule has 2 bridgehead atoms. The van der Waals surface area contributed by atoms with Gasteiger partial charge in [-0.25, -0.2) is 0 Å². The SMILES string of the molecule is Cc1cc(NC(=O)CN2C(=O)[C@H]3[C@H]4C[C@@H]([C@@H]3C2=O)[C@@H](c2ccccc2)C4)cc(C)c1Br. The topological polar surface area (TPSA) is 66.5 Å². The van der Waals surface area contributed by atoms with E-state index in [9.17, 15) is 14.4 Å². The van der Waals surface area contributed by atoms with Gasteiger partial charge in [-0.2, -0.15) is 0 Å². The van der Waals surface area contributed by atoms with E-state index in [1.807, 2.05) is 44.2 Å². The maximum absolute atomic E-state index is 13.2. The van der Waals surface area contributed by atoms with Crippen molar-refractivity contribution in [3.8, 4) is 0 Å². The summed E-state index contributed by atoms with van der Waals surface area (Å²) in [5, 5.41) is 2.85. The number of carbonyl (C=O) groups is 3. The molecule has 6 heteroatoms. The van der Waals surface area contributed by atoms with Gasteiger partial charge in [0, 0.05) is 10.2 Å². The average molecular weight is 481 g/mol. The van der Waals surface area contributed by atoms with Crippen molar-refractivity contribution >= 4 is 39.3 Å². The molecule has 1 saturated heterocycles. The number of nitrogens with one attached hydrogen (secondary N) is 1. The summed E-state index contributed by atoms with van der Waals surface area (Å²) < 4.78 is 1.01. The highest BCUT2D eigenvalue weighted by atomic mass is 79.9. The van der Waals surface area contributed by atoms with Gasteiger partial charge in [-0.15, -0.1) is 0 Å². The maximum Gasteiger partial charge on any atom is 0.244 e. The molecule has 31 heavy (non-hydrogen) atoms. The van der Waals surface area contributed by atoms with Crippen molar-refractivity contribution in [2.45, 2.75) is 32.6 Å². The Morgan fingerprint density at radius 3 is 2.35 bits per heavy atom. The number of carbonyl (C=O) groups excluding carboxylic acids is 3. The first-order valence-corrected chi connectivity index (χ1v) is 11.6. The third kappa shape index (κ3) is 3.32. The minimum absolute atomic E-state index is 0.160. The molecule has 3 fully saturated rings. The summed E-state index contributed by atoms with van der Waals surface area (Å²) in [6.45, 7) is 3.70. The first-order valence-electron chi connectivity index (χ1n) is 10.8. The van der Waals surface area contributed by atoms with Gasteiger partial charge in [0.25, 0.3) is 0 Å². The summed E-state index contributed by atoms with van der Waals surface area (Å²) in [5.41, 5.74) is 3.96. The van der Waals surface area contributed by atoms with Crippen molar-refractivity contribution < 1.29 is 14.4 Å². The number of nitrogens with zero attached hydrogens (tertiary/aromatic N) is 1. The molecular weight excluding hydrogens is 456 g/mol. The van der Waals surface area contributed by atoms with Gasteiger partial charge in [0.2, 0.25) is 17.7 Å². The van der Waals surface area contributed by atoms with Crippen LogP contribution in [-0.4, -0.2) is 29.2 Å². The molecule has 5 rings (SSSR count). The Labute approximate surface area is 190 Å². The van der Waals surface area contributed by atoms with Gasteiger partial charge in [0.15, 0.2) is 0 Å². The second kappa shape index (κ2) is 7.59. The molecule has 2 aromatic rings. The smallest absolute Gasteiger partial charge is 0.244 e. The van der Waals surface area contributed by atoms with Crippen LogP contribution in [0.1, 0.15) is 35.4 Å². The number of hydrogen-bond acceptors (Lipinski definition) is 3. The number of rotatable bonds is 4. The number of anilines is 1. The van der Waals surface area contributed by atoms with E-state index in [1.165, 1.54) is 10.5 Å². The van der Waals surface area contributed by atoms with Crippen LogP contribution >= 0.6 is 15.9 Å². The third-order valence-electron chi connectivity index (χ3n) is 7.36. The van der Waals surface area contributed by atoms with E-state index in [1.54, 1.807) is 0 Å². The number of likely N-dealkylation sites (tertiary alicyclic amines) is 1. The zero-order valence-electron chi connectivity index (χ0n) is 17.6. The van der Waals surface area contributed by atoms with E-state index in [2.05, 4.69) is 33.4 Å². The minimum Gasteiger partial charge on any atom is -0.325 e. The Balaban J connectivity index is 1.31. The molecule has 0 radical (unpaired) electrons. The van der Waals surface area contributed by atoms with Crippen LogP contribution in [-0.2, 0) is 14.4 Å². The summed E-state index contributed by atoms with van der Waals surface area (Å²) in [6, 6.07) is 14.1. The van der Waals surface area contributed by atoms with Crippen LogP contribution in [0.2, 0.25) is 0 Å². The molecule has 3 aliphatic rings. The number of hydrogen-bond donors (Lipinski definition) is 1. The van der Waals surface area contributed by atoms with E-state index in [4.69, 9.17) is 0 Å². The van der Waals surface area contributed by atoms with Crippen LogP contribution in [0.15, 0.2) is 46.9 Å². The fraction of sp³-hybridized carbons (Fsp3) is 0.400. The van der Waals surface area contributed by atoms with E-state index in [0.29, 0.717) is 11.6 Å². The summed E-state index contributed by atoms with van der Waals surface area (Å²) in [5.74, 6) is -0.431. The lowest BCUT2D eigenvalue weighted by Gasteiger charge is -2.28. The monoisotopic (exact) mass is 480 g/mol. The molecule has 0 spiro atoms. The Morgan fingerprint density at radius 2 is 1.68 bits per heavy atom. The predicted octanol–water partition coefficient (Wildman–Crippen LogP) is 4.43. The normalized spacial score (nSPS) is 28.9. The molecule has 0 unspecified atom stereocenters. The Kier molecular flexibility index (Phi) is 5.00. The third-order valence-corrected chi connectivity index (χ3v) is 8.61. The maximum atomic E-state index is 13.2. The Morgan fingerprint density at radius 1 is 1.03 bits per heavy atom. The van der Waals surface area contributed by atoms with E-state index < -0.39 is 0 Å². The van der Waals surface area contributed by atoms with Gasteiger partial charge in [-0.3, -0.25) is 19.3 Å². The van der Waals surface area contributed by atoms with Gasteiger partial charge in [-0.05, 0) is 73.3 Å². The highest BCUT2D eigenvalue weighted by Crippen LogP contribution is 2.61. The lowest BCUT2D eigenvalue weighted by molar-refractivity contribution is -0.143. The summed E-state index contributed by atoms with van der Waals surface area (Å²) in [7, 11) is 0. The molecular formula is C25H25BrN2O3. The van der Waals surface area contributed by atoms with Crippen molar-refractivity contribution in [3.63, 3.8) is 0 Å². The van der Waals surface area contributed by atoms with Crippen LogP contribution < -0.4 is 5.32 Å². The van der Waals surface area contributed by atoms with Crippen LogP contribution in [0.5, 0.6) is 0 Å². The molecule has 1 N–H and O–H groups in total. The fourth-order valence-electron chi connectivity index (χ4n) is 6.12. The fourth-order valence-corrected chi connectivity index (χ4v) is 6.35. The van der Waals surface area contributed by atoms with Crippen molar-refractivity contribution in [2.24, 2.45) is 23.7 Å². The van der Waals surface area contributed by atoms with Crippen molar-refractivity contribution in [3.05, 3.63) is 63.6 Å². The molecule has 2 aromatic carbocycles. The van der Waals surface area contributed by atoms with Gasteiger partial charge >= 0.3 is 0 Å². The van der Waals surface area contributed by atoms with Gasteiger partial charge < -0.3 is 5.32 Å². The number of halogens is 1. The van der Waals surface area contributed by atoms with E-state index in [0.717, 1.165) is 28.4 Å².